The Hall–Kier alpha value is -1.10. The van der Waals surface area contributed by atoms with Gasteiger partial charge in [-0.2, -0.15) is 13.2 Å². The number of esters is 1. The highest BCUT2D eigenvalue weighted by Crippen LogP contribution is 2.33. The van der Waals surface area contributed by atoms with Crippen LogP contribution in [-0.4, -0.2) is 30.3 Å². The fraction of sp³-hybridized carbons (Fsp3) is 0.583. The van der Waals surface area contributed by atoms with Crippen LogP contribution in [0.5, 0.6) is 0 Å². The van der Waals surface area contributed by atoms with E-state index in [1.54, 1.807) is 6.92 Å². The summed E-state index contributed by atoms with van der Waals surface area (Å²) in [7, 11) is 1.52. The summed E-state index contributed by atoms with van der Waals surface area (Å²) in [5.74, 6) is -1.62. The Balaban J connectivity index is 4.83. The average Bonchev–Trinajstić information content (AvgIpc) is 2.30. The molecule has 0 aromatic rings. The number of rotatable bonds is 7. The summed E-state index contributed by atoms with van der Waals surface area (Å²) in [6.45, 7) is 8.19. The van der Waals surface area contributed by atoms with Crippen LogP contribution >= 0.6 is 9.24 Å². The molecular weight excluding hydrogens is 299 g/mol. The van der Waals surface area contributed by atoms with Crippen molar-refractivity contribution in [3.8, 4) is 0 Å². The maximum absolute atomic E-state index is 14.3. The monoisotopic (exact) mass is 316 g/mol. The maximum atomic E-state index is 14.3. The lowest BCUT2D eigenvalue weighted by Gasteiger charge is -2.29. The highest BCUT2D eigenvalue weighted by atomic mass is 31.0. The second kappa shape index (κ2) is 7.07. The Morgan fingerprint density at radius 3 is 2.15 bits per heavy atom. The van der Waals surface area contributed by atoms with Crippen molar-refractivity contribution in [3.63, 3.8) is 0 Å². The van der Waals surface area contributed by atoms with E-state index in [1.807, 2.05) is 0 Å². The summed E-state index contributed by atoms with van der Waals surface area (Å²) in [5, 5.41) is -2.81. The van der Waals surface area contributed by atoms with Crippen LogP contribution in [-0.2, 0) is 14.3 Å². The number of alkyl halides is 4. The number of allylic oxidation sites excluding steroid dienone is 1. The number of hydrogen-bond donors (Lipinski definition) is 0. The van der Waals surface area contributed by atoms with Gasteiger partial charge in [0.2, 0.25) is 0 Å². The highest BCUT2D eigenvalue weighted by molar-refractivity contribution is 7.20. The van der Waals surface area contributed by atoms with E-state index in [9.17, 15) is 22.4 Å². The molecule has 0 saturated carbocycles. The molecule has 8 heteroatoms. The Morgan fingerprint density at radius 1 is 1.30 bits per heavy atom. The maximum Gasteiger partial charge on any atom is 0.422 e. The van der Waals surface area contributed by atoms with E-state index >= 15 is 0 Å². The summed E-state index contributed by atoms with van der Waals surface area (Å²) in [5.41, 5.74) is 0.410. The largest absolute Gasteiger partial charge is 0.486 e. The summed E-state index contributed by atoms with van der Waals surface area (Å²) in [4.78, 5) is 11.4. The van der Waals surface area contributed by atoms with Crippen molar-refractivity contribution in [2.75, 3.05) is 6.61 Å². The Labute approximate surface area is 117 Å². The summed E-state index contributed by atoms with van der Waals surface area (Å²) < 4.78 is 59.1. The van der Waals surface area contributed by atoms with Gasteiger partial charge in [-0.15, -0.1) is 0 Å². The van der Waals surface area contributed by atoms with Crippen molar-refractivity contribution in [3.05, 3.63) is 24.5 Å². The smallest absolute Gasteiger partial charge is 0.422 e. The van der Waals surface area contributed by atoms with Gasteiger partial charge in [0.05, 0.1) is 0 Å². The van der Waals surface area contributed by atoms with Gasteiger partial charge in [0, 0.05) is 0 Å². The van der Waals surface area contributed by atoms with Crippen molar-refractivity contribution in [2.24, 2.45) is 0 Å². The average molecular weight is 316 g/mol. The molecule has 0 fully saturated rings. The molecule has 20 heavy (non-hydrogen) atoms. The van der Waals surface area contributed by atoms with E-state index in [0.29, 0.717) is 5.57 Å². The molecule has 0 heterocycles. The van der Waals surface area contributed by atoms with Crippen LogP contribution in [0.4, 0.5) is 17.6 Å². The van der Waals surface area contributed by atoms with Gasteiger partial charge in [-0.1, -0.05) is 29.3 Å². The standard InChI is InChI=1S/C12H17F4O3P/c1-5-9(19-8(4)7(2)3)12(16,20)10(17)18-6-11(13,14)15/h9H,2,4-6,20H2,1,3H3. The minimum atomic E-state index is -4.72. The summed E-state index contributed by atoms with van der Waals surface area (Å²) in [6.07, 6.45) is -6.05. The van der Waals surface area contributed by atoms with Gasteiger partial charge >= 0.3 is 12.1 Å². The number of carbonyl (C=O) groups is 1. The highest BCUT2D eigenvalue weighted by Gasteiger charge is 2.46. The zero-order valence-electron chi connectivity index (χ0n) is 11.2. The van der Waals surface area contributed by atoms with E-state index in [4.69, 9.17) is 4.74 Å². The second-order valence-electron chi connectivity index (χ2n) is 4.18. The summed E-state index contributed by atoms with van der Waals surface area (Å²) >= 11 is 0. The first-order chi connectivity index (χ1) is 8.91. The van der Waals surface area contributed by atoms with Crippen molar-refractivity contribution >= 4 is 15.2 Å². The number of carbonyl (C=O) groups excluding carboxylic acids is 1. The van der Waals surface area contributed by atoms with Gasteiger partial charge < -0.3 is 9.47 Å². The van der Waals surface area contributed by atoms with Crippen molar-refractivity contribution in [1.29, 1.82) is 0 Å². The number of halogens is 4. The number of ether oxygens (including phenoxy) is 2. The van der Waals surface area contributed by atoms with E-state index in [0.717, 1.165) is 0 Å². The molecule has 0 N–H and O–H groups in total. The SMILES string of the molecule is C=C(C)C(=C)OC(CC)C(F)(P)C(=O)OCC(F)(F)F. The molecule has 3 atom stereocenters. The lowest BCUT2D eigenvalue weighted by molar-refractivity contribution is -0.194. The molecule has 0 aliphatic heterocycles. The molecule has 0 saturated heterocycles. The molecule has 116 valence electrons. The van der Waals surface area contributed by atoms with Crippen molar-refractivity contribution in [2.45, 2.75) is 38.0 Å². The third-order valence-corrected chi connectivity index (χ3v) is 2.89. The molecular formula is C12H17F4O3P. The number of hydrogen-bond acceptors (Lipinski definition) is 3. The van der Waals surface area contributed by atoms with Crippen LogP contribution in [0.2, 0.25) is 0 Å². The van der Waals surface area contributed by atoms with Gasteiger partial charge in [-0.05, 0) is 18.9 Å². The van der Waals surface area contributed by atoms with Crippen LogP contribution in [0.15, 0.2) is 24.5 Å². The van der Waals surface area contributed by atoms with Gasteiger partial charge in [0.25, 0.3) is 5.41 Å². The first-order valence-electron chi connectivity index (χ1n) is 5.65. The minimum Gasteiger partial charge on any atom is -0.486 e. The fourth-order valence-electron chi connectivity index (χ4n) is 1.13. The van der Waals surface area contributed by atoms with Crippen molar-refractivity contribution < 1.29 is 31.8 Å². The van der Waals surface area contributed by atoms with Gasteiger partial charge in [0.1, 0.15) is 11.9 Å². The van der Waals surface area contributed by atoms with Crippen molar-refractivity contribution in [1.82, 2.24) is 0 Å². The zero-order valence-corrected chi connectivity index (χ0v) is 12.4. The first-order valence-corrected chi connectivity index (χ1v) is 6.22. The predicted molar refractivity (Wildman–Crippen MR) is 69.7 cm³/mol. The fourth-order valence-corrected chi connectivity index (χ4v) is 1.51. The molecule has 0 aromatic carbocycles. The molecule has 0 bridgehead atoms. The van der Waals surface area contributed by atoms with Crippen LogP contribution < -0.4 is 0 Å². The Bertz CT molecular complexity index is 391. The molecule has 0 aliphatic carbocycles. The Morgan fingerprint density at radius 2 is 1.80 bits per heavy atom. The third kappa shape index (κ3) is 5.90. The quantitative estimate of drug-likeness (QED) is 0.237. The first kappa shape index (κ1) is 18.9. The molecule has 0 spiro atoms. The van der Waals surface area contributed by atoms with Crippen LogP contribution in [0.3, 0.4) is 0 Å². The molecule has 0 amide bonds. The zero-order chi connectivity index (χ0) is 16.1. The summed E-state index contributed by atoms with van der Waals surface area (Å²) in [6, 6.07) is 0. The van der Waals surface area contributed by atoms with Gasteiger partial charge in [-0.3, -0.25) is 0 Å². The third-order valence-electron chi connectivity index (χ3n) is 2.28. The molecule has 0 rings (SSSR count). The van der Waals surface area contributed by atoms with E-state index < -0.39 is 30.3 Å². The van der Waals surface area contributed by atoms with E-state index in [1.165, 1.54) is 16.2 Å². The molecule has 0 radical (unpaired) electrons. The van der Waals surface area contributed by atoms with E-state index in [-0.39, 0.29) is 12.2 Å². The normalized spacial score (nSPS) is 15.9. The molecule has 0 aliphatic rings. The molecule has 0 aromatic heterocycles. The predicted octanol–water partition coefficient (Wildman–Crippen LogP) is 3.52. The lowest BCUT2D eigenvalue weighted by atomic mass is 10.1. The van der Waals surface area contributed by atoms with Crippen LogP contribution in [0, 0.1) is 0 Å². The van der Waals surface area contributed by atoms with Crippen LogP contribution in [0.1, 0.15) is 20.3 Å². The lowest BCUT2D eigenvalue weighted by Crippen LogP contribution is -2.43. The van der Waals surface area contributed by atoms with Gasteiger partial charge in [0.15, 0.2) is 6.61 Å². The molecule has 3 nitrogen and oxygen atoms in total. The molecule has 3 unspecified atom stereocenters. The Kier molecular flexibility index (Phi) is 6.68. The topological polar surface area (TPSA) is 35.5 Å². The van der Waals surface area contributed by atoms with Gasteiger partial charge in [-0.25, -0.2) is 9.18 Å². The van der Waals surface area contributed by atoms with E-state index in [2.05, 4.69) is 17.9 Å². The second-order valence-corrected chi connectivity index (χ2v) is 5.02. The minimum absolute atomic E-state index is 0.0212. The van der Waals surface area contributed by atoms with Crippen LogP contribution in [0.25, 0.3) is 0 Å².